The molecule has 2 heterocycles. The molecule has 5 nitrogen and oxygen atoms in total. The average Bonchev–Trinajstić information content (AvgIpc) is 2.88. The summed E-state index contributed by atoms with van der Waals surface area (Å²) in [5, 5.41) is 4.33. The van der Waals surface area contributed by atoms with Crippen molar-refractivity contribution in [3.05, 3.63) is 18.0 Å². The van der Waals surface area contributed by atoms with Gasteiger partial charge >= 0.3 is 0 Å². The Labute approximate surface area is 116 Å². The van der Waals surface area contributed by atoms with Gasteiger partial charge in [-0.3, -0.25) is 9.58 Å². The summed E-state index contributed by atoms with van der Waals surface area (Å²) in [7, 11) is 0. The van der Waals surface area contributed by atoms with Crippen LogP contribution >= 0.6 is 0 Å². The summed E-state index contributed by atoms with van der Waals surface area (Å²) in [5.74, 6) is 0.606. The SMILES string of the molecule is CCn1cc(CN2CCN(CC(C)CN)CC2)cn1. The van der Waals surface area contributed by atoms with E-state index in [-0.39, 0.29) is 0 Å². The summed E-state index contributed by atoms with van der Waals surface area (Å²) < 4.78 is 1.99. The molecule has 1 unspecified atom stereocenters. The highest BCUT2D eigenvalue weighted by atomic mass is 15.3. The van der Waals surface area contributed by atoms with Crippen LogP contribution in [0.1, 0.15) is 19.4 Å². The van der Waals surface area contributed by atoms with Crippen molar-refractivity contribution >= 4 is 0 Å². The zero-order valence-electron chi connectivity index (χ0n) is 12.3. The fourth-order valence-electron chi connectivity index (χ4n) is 2.56. The van der Waals surface area contributed by atoms with Gasteiger partial charge in [0.15, 0.2) is 0 Å². The number of aromatic nitrogens is 2. The summed E-state index contributed by atoms with van der Waals surface area (Å²) in [5.41, 5.74) is 7.01. The number of rotatable bonds is 6. The molecular weight excluding hydrogens is 238 g/mol. The monoisotopic (exact) mass is 265 g/mol. The first-order valence-corrected chi connectivity index (χ1v) is 7.37. The summed E-state index contributed by atoms with van der Waals surface area (Å²) in [6, 6.07) is 0. The Hall–Kier alpha value is -0.910. The second-order valence-electron chi connectivity index (χ2n) is 5.62. The maximum atomic E-state index is 5.69. The van der Waals surface area contributed by atoms with Gasteiger partial charge in [-0.05, 0) is 19.4 Å². The molecule has 1 atom stereocenters. The van der Waals surface area contributed by atoms with E-state index < -0.39 is 0 Å². The minimum Gasteiger partial charge on any atom is -0.330 e. The van der Waals surface area contributed by atoms with Gasteiger partial charge in [-0.2, -0.15) is 5.10 Å². The maximum Gasteiger partial charge on any atom is 0.0534 e. The van der Waals surface area contributed by atoms with Crippen molar-refractivity contribution in [1.29, 1.82) is 0 Å². The van der Waals surface area contributed by atoms with E-state index in [4.69, 9.17) is 5.73 Å². The molecule has 1 aromatic rings. The predicted molar refractivity (Wildman–Crippen MR) is 77.8 cm³/mol. The fourth-order valence-corrected chi connectivity index (χ4v) is 2.56. The van der Waals surface area contributed by atoms with Crippen molar-refractivity contribution in [3.8, 4) is 0 Å². The molecule has 2 rings (SSSR count). The van der Waals surface area contributed by atoms with E-state index in [9.17, 15) is 0 Å². The molecule has 0 spiro atoms. The van der Waals surface area contributed by atoms with Gasteiger partial charge in [-0.15, -0.1) is 0 Å². The van der Waals surface area contributed by atoms with Gasteiger partial charge in [0.25, 0.3) is 0 Å². The quantitative estimate of drug-likeness (QED) is 0.819. The number of piperazine rings is 1. The first-order valence-electron chi connectivity index (χ1n) is 7.37. The summed E-state index contributed by atoms with van der Waals surface area (Å²) in [6.45, 7) is 12.9. The van der Waals surface area contributed by atoms with E-state index in [1.54, 1.807) is 0 Å². The smallest absolute Gasteiger partial charge is 0.0534 e. The summed E-state index contributed by atoms with van der Waals surface area (Å²) in [6.07, 6.45) is 4.15. The number of hydrogen-bond donors (Lipinski definition) is 1. The van der Waals surface area contributed by atoms with Gasteiger partial charge in [0.1, 0.15) is 0 Å². The predicted octanol–water partition coefficient (Wildman–Crippen LogP) is 0.615. The minimum atomic E-state index is 0.606. The maximum absolute atomic E-state index is 5.69. The zero-order valence-corrected chi connectivity index (χ0v) is 12.3. The summed E-state index contributed by atoms with van der Waals surface area (Å²) >= 11 is 0. The first-order chi connectivity index (χ1) is 9.21. The van der Waals surface area contributed by atoms with E-state index in [2.05, 4.69) is 34.9 Å². The molecule has 5 heteroatoms. The highest BCUT2D eigenvalue weighted by molar-refractivity contribution is 5.03. The third-order valence-corrected chi connectivity index (χ3v) is 3.85. The van der Waals surface area contributed by atoms with Crippen molar-refractivity contribution < 1.29 is 0 Å². The molecule has 1 saturated heterocycles. The van der Waals surface area contributed by atoms with Gasteiger partial charge in [0.05, 0.1) is 6.20 Å². The second kappa shape index (κ2) is 7.03. The minimum absolute atomic E-state index is 0.606. The molecule has 2 N–H and O–H groups in total. The van der Waals surface area contributed by atoms with Crippen LogP contribution in [0.25, 0.3) is 0 Å². The number of aryl methyl sites for hydroxylation is 1. The molecule has 0 saturated carbocycles. The van der Waals surface area contributed by atoms with Crippen LogP contribution in [0.5, 0.6) is 0 Å². The van der Waals surface area contributed by atoms with Crippen LogP contribution in [0.3, 0.4) is 0 Å². The Morgan fingerprint density at radius 3 is 2.53 bits per heavy atom. The lowest BCUT2D eigenvalue weighted by Crippen LogP contribution is -2.47. The third-order valence-electron chi connectivity index (χ3n) is 3.85. The highest BCUT2D eigenvalue weighted by Crippen LogP contribution is 2.09. The van der Waals surface area contributed by atoms with Crippen molar-refractivity contribution in [2.45, 2.75) is 26.9 Å². The van der Waals surface area contributed by atoms with Crippen molar-refractivity contribution in [2.75, 3.05) is 39.3 Å². The van der Waals surface area contributed by atoms with Crippen LogP contribution in [0.2, 0.25) is 0 Å². The Balaban J connectivity index is 1.74. The Bertz CT molecular complexity index is 368. The molecule has 108 valence electrons. The highest BCUT2D eigenvalue weighted by Gasteiger charge is 2.18. The van der Waals surface area contributed by atoms with Crippen LogP contribution in [-0.2, 0) is 13.1 Å². The van der Waals surface area contributed by atoms with E-state index in [0.717, 1.165) is 52.4 Å². The van der Waals surface area contributed by atoms with Gasteiger partial charge in [0, 0.05) is 57.6 Å². The molecule has 0 radical (unpaired) electrons. The molecule has 0 aromatic carbocycles. The Kier molecular flexibility index (Phi) is 5.36. The van der Waals surface area contributed by atoms with Gasteiger partial charge in [-0.1, -0.05) is 6.92 Å². The molecular formula is C14H27N5. The number of nitrogens with two attached hydrogens (primary N) is 1. The van der Waals surface area contributed by atoms with Crippen molar-refractivity contribution in [1.82, 2.24) is 19.6 Å². The van der Waals surface area contributed by atoms with Gasteiger partial charge in [-0.25, -0.2) is 0 Å². The third kappa shape index (κ3) is 4.30. The second-order valence-corrected chi connectivity index (χ2v) is 5.62. The largest absolute Gasteiger partial charge is 0.330 e. The topological polar surface area (TPSA) is 50.3 Å². The van der Waals surface area contributed by atoms with E-state index in [1.807, 2.05) is 10.9 Å². The zero-order chi connectivity index (χ0) is 13.7. The van der Waals surface area contributed by atoms with Crippen LogP contribution in [-0.4, -0.2) is 58.8 Å². The number of nitrogens with zero attached hydrogens (tertiary/aromatic N) is 4. The van der Waals surface area contributed by atoms with Crippen molar-refractivity contribution in [3.63, 3.8) is 0 Å². The lowest BCUT2D eigenvalue weighted by molar-refractivity contribution is 0.116. The lowest BCUT2D eigenvalue weighted by atomic mass is 10.1. The molecule has 1 aliphatic rings. The molecule has 19 heavy (non-hydrogen) atoms. The standard InChI is InChI=1S/C14H27N5/c1-3-19-12-14(9-16-19)11-18-6-4-17(5-7-18)10-13(2)8-15/h9,12-13H,3-8,10-11,15H2,1-2H3. The van der Waals surface area contributed by atoms with Crippen LogP contribution in [0.15, 0.2) is 12.4 Å². The molecule has 1 aliphatic heterocycles. The normalized spacial score (nSPS) is 19.7. The molecule has 0 amide bonds. The fraction of sp³-hybridized carbons (Fsp3) is 0.786. The lowest BCUT2D eigenvalue weighted by Gasteiger charge is -2.35. The van der Waals surface area contributed by atoms with E-state index in [1.165, 1.54) is 5.56 Å². The Morgan fingerprint density at radius 1 is 1.26 bits per heavy atom. The van der Waals surface area contributed by atoms with Gasteiger partial charge in [0.2, 0.25) is 0 Å². The Morgan fingerprint density at radius 2 is 1.95 bits per heavy atom. The first kappa shape index (κ1) is 14.5. The van der Waals surface area contributed by atoms with Crippen LogP contribution < -0.4 is 5.73 Å². The summed E-state index contributed by atoms with van der Waals surface area (Å²) in [4.78, 5) is 5.05. The van der Waals surface area contributed by atoms with Crippen LogP contribution in [0, 0.1) is 5.92 Å². The molecule has 1 aromatic heterocycles. The van der Waals surface area contributed by atoms with E-state index >= 15 is 0 Å². The molecule has 0 bridgehead atoms. The molecule has 0 aliphatic carbocycles. The van der Waals surface area contributed by atoms with Crippen molar-refractivity contribution in [2.24, 2.45) is 11.7 Å². The van der Waals surface area contributed by atoms with E-state index in [0.29, 0.717) is 5.92 Å². The van der Waals surface area contributed by atoms with Gasteiger partial charge < -0.3 is 10.6 Å². The average molecular weight is 265 g/mol. The molecule has 1 fully saturated rings. The van der Waals surface area contributed by atoms with Crippen LogP contribution in [0.4, 0.5) is 0 Å². The number of hydrogen-bond acceptors (Lipinski definition) is 4.